The van der Waals surface area contributed by atoms with Gasteiger partial charge in [0.25, 0.3) is 0 Å². The molecule has 0 aliphatic carbocycles. The Labute approximate surface area is 295 Å². The molecule has 0 spiro atoms. The molecule has 10 rings (SSSR count). The number of hydrogen-bond acceptors (Lipinski definition) is 3. The average Bonchev–Trinajstić information content (AvgIpc) is 3.54. The van der Waals surface area contributed by atoms with E-state index in [9.17, 15) is 0 Å². The summed E-state index contributed by atoms with van der Waals surface area (Å²) in [5.41, 5.74) is 11.2. The van der Waals surface area contributed by atoms with Crippen molar-refractivity contribution in [1.29, 1.82) is 0 Å². The third-order valence-corrected chi connectivity index (χ3v) is 9.87. The van der Waals surface area contributed by atoms with E-state index in [0.29, 0.717) is 0 Å². The van der Waals surface area contributed by atoms with Gasteiger partial charge >= 0.3 is 0 Å². The number of benzene rings is 6. The van der Waals surface area contributed by atoms with E-state index in [4.69, 9.17) is 15.0 Å². The zero-order valence-corrected chi connectivity index (χ0v) is 27.6. The maximum atomic E-state index is 5.27. The van der Waals surface area contributed by atoms with Gasteiger partial charge in [-0.2, -0.15) is 0 Å². The van der Waals surface area contributed by atoms with Crippen LogP contribution < -0.4 is 0 Å². The number of aromatic nitrogens is 4. The van der Waals surface area contributed by atoms with Crippen LogP contribution >= 0.6 is 0 Å². The summed E-state index contributed by atoms with van der Waals surface area (Å²) in [6, 6.07) is 59.9. The van der Waals surface area contributed by atoms with E-state index in [1.807, 2.05) is 24.5 Å². The molecule has 0 atom stereocenters. The summed E-state index contributed by atoms with van der Waals surface area (Å²) in [5, 5.41) is 7.17. The first-order valence-electron chi connectivity index (χ1n) is 17.2. The molecule has 238 valence electrons. The first-order valence-corrected chi connectivity index (χ1v) is 17.2. The number of nitrogens with zero attached hydrogens (tertiary/aromatic N) is 4. The zero-order chi connectivity index (χ0) is 33.7. The molecule has 0 aliphatic heterocycles. The van der Waals surface area contributed by atoms with Gasteiger partial charge in [0.15, 0.2) is 0 Å². The Balaban J connectivity index is 1.16. The number of hydrogen-bond donors (Lipinski definition) is 0. The normalized spacial score (nSPS) is 11.5. The minimum atomic E-state index is 0.829. The average molecular weight is 651 g/mol. The summed E-state index contributed by atoms with van der Waals surface area (Å²) in [5.74, 6) is 0. The summed E-state index contributed by atoms with van der Waals surface area (Å²) < 4.78 is 2.24. The topological polar surface area (TPSA) is 43.6 Å². The van der Waals surface area contributed by atoms with Gasteiger partial charge in [-0.3, -0.25) is 9.55 Å². The van der Waals surface area contributed by atoms with Crippen LogP contribution in [-0.2, 0) is 0 Å². The van der Waals surface area contributed by atoms with Crippen LogP contribution in [0.2, 0.25) is 0 Å². The van der Waals surface area contributed by atoms with Gasteiger partial charge in [0.05, 0.1) is 22.6 Å². The van der Waals surface area contributed by atoms with E-state index >= 15 is 0 Å². The van der Waals surface area contributed by atoms with Crippen molar-refractivity contribution in [3.63, 3.8) is 0 Å². The maximum absolute atomic E-state index is 5.27. The SMILES string of the molecule is c1ccc(-c2ccc(-c3cc(-c4c5ccccc5cc5ccccc45)cc(-c4ccc(-n5c6ccccc6c6cccnc65)cc4)n3)nc2)cc1. The van der Waals surface area contributed by atoms with Crippen molar-refractivity contribution in [2.75, 3.05) is 0 Å². The lowest BCUT2D eigenvalue weighted by Crippen LogP contribution is -1.96. The van der Waals surface area contributed by atoms with E-state index in [-0.39, 0.29) is 0 Å². The molecule has 0 amide bonds. The molecule has 4 nitrogen and oxygen atoms in total. The highest BCUT2D eigenvalue weighted by atomic mass is 15.0. The van der Waals surface area contributed by atoms with Crippen LogP contribution in [0.5, 0.6) is 0 Å². The predicted octanol–water partition coefficient (Wildman–Crippen LogP) is 11.9. The Morgan fingerprint density at radius 2 is 1.04 bits per heavy atom. The van der Waals surface area contributed by atoms with E-state index in [0.717, 1.165) is 61.6 Å². The fourth-order valence-electron chi connectivity index (χ4n) is 7.46. The minimum absolute atomic E-state index is 0.829. The van der Waals surface area contributed by atoms with E-state index in [2.05, 4.69) is 162 Å². The molecule has 0 fully saturated rings. The highest BCUT2D eigenvalue weighted by Gasteiger charge is 2.16. The van der Waals surface area contributed by atoms with Crippen LogP contribution in [0.1, 0.15) is 0 Å². The standard InChI is InChI=1S/C47H30N4/c1-2-11-31(12-3-1)35-22-25-42(49-30-35)44-29-36(46-38-15-6-4-13-33(38)27-34-14-5-7-16-39(34)46)28-43(50-44)32-20-23-37(24-21-32)51-45-19-9-8-17-40(45)41-18-10-26-48-47(41)51/h1-30H. The van der Waals surface area contributed by atoms with Gasteiger partial charge in [0, 0.05) is 40.0 Å². The Morgan fingerprint density at radius 3 is 1.78 bits per heavy atom. The van der Waals surface area contributed by atoms with Crippen molar-refractivity contribution in [3.05, 3.63) is 182 Å². The zero-order valence-electron chi connectivity index (χ0n) is 27.6. The second kappa shape index (κ2) is 11.9. The predicted molar refractivity (Wildman–Crippen MR) is 211 cm³/mol. The second-order valence-electron chi connectivity index (χ2n) is 12.9. The van der Waals surface area contributed by atoms with Gasteiger partial charge in [0.2, 0.25) is 0 Å². The quantitative estimate of drug-likeness (QED) is 0.174. The molecule has 0 unspecified atom stereocenters. The van der Waals surface area contributed by atoms with Crippen molar-refractivity contribution >= 4 is 43.5 Å². The van der Waals surface area contributed by atoms with Crippen LogP contribution in [0.25, 0.3) is 94.1 Å². The molecule has 6 aromatic carbocycles. The second-order valence-corrected chi connectivity index (χ2v) is 12.9. The molecule has 0 saturated carbocycles. The largest absolute Gasteiger partial charge is 0.294 e. The summed E-state index contributed by atoms with van der Waals surface area (Å²) in [6.07, 6.45) is 3.81. The summed E-state index contributed by atoms with van der Waals surface area (Å²) in [7, 11) is 0. The van der Waals surface area contributed by atoms with Crippen LogP contribution in [0.3, 0.4) is 0 Å². The first kappa shape index (κ1) is 29.0. The van der Waals surface area contributed by atoms with E-state index in [1.54, 1.807) is 0 Å². The molecular formula is C47H30N4. The van der Waals surface area contributed by atoms with Crippen LogP contribution in [0.15, 0.2) is 182 Å². The Bertz CT molecular complexity index is 2780. The third kappa shape index (κ3) is 4.96. The third-order valence-electron chi connectivity index (χ3n) is 9.87. The lowest BCUT2D eigenvalue weighted by molar-refractivity contribution is 1.13. The molecular weight excluding hydrogens is 621 g/mol. The summed E-state index contributed by atoms with van der Waals surface area (Å²) in [4.78, 5) is 15.0. The number of pyridine rings is 3. The van der Waals surface area contributed by atoms with Crippen molar-refractivity contribution in [2.24, 2.45) is 0 Å². The Morgan fingerprint density at radius 1 is 0.392 bits per heavy atom. The molecule has 0 N–H and O–H groups in total. The Kier molecular flexibility index (Phi) is 6.78. The fraction of sp³-hybridized carbons (Fsp3) is 0. The maximum Gasteiger partial charge on any atom is 0.145 e. The van der Waals surface area contributed by atoms with Gasteiger partial charge in [-0.05, 0) is 92.8 Å². The number of fused-ring (bicyclic) bond motifs is 5. The van der Waals surface area contributed by atoms with Crippen LogP contribution in [-0.4, -0.2) is 19.5 Å². The fourth-order valence-corrected chi connectivity index (χ4v) is 7.46. The highest BCUT2D eigenvalue weighted by Crippen LogP contribution is 2.39. The molecule has 0 saturated heterocycles. The minimum Gasteiger partial charge on any atom is -0.294 e. The smallest absolute Gasteiger partial charge is 0.145 e. The molecule has 10 aromatic rings. The first-order chi connectivity index (χ1) is 25.3. The lowest BCUT2D eigenvalue weighted by Gasteiger charge is -2.15. The van der Waals surface area contributed by atoms with Crippen LogP contribution in [0.4, 0.5) is 0 Å². The monoisotopic (exact) mass is 650 g/mol. The van der Waals surface area contributed by atoms with Crippen molar-refractivity contribution in [3.8, 4) is 50.6 Å². The van der Waals surface area contributed by atoms with Crippen molar-refractivity contribution in [2.45, 2.75) is 0 Å². The van der Waals surface area contributed by atoms with E-state index < -0.39 is 0 Å². The molecule has 4 heteroatoms. The van der Waals surface area contributed by atoms with Gasteiger partial charge < -0.3 is 0 Å². The highest BCUT2D eigenvalue weighted by molar-refractivity contribution is 6.13. The lowest BCUT2D eigenvalue weighted by atomic mass is 9.91. The van der Waals surface area contributed by atoms with E-state index in [1.165, 1.54) is 32.5 Å². The summed E-state index contributed by atoms with van der Waals surface area (Å²) >= 11 is 0. The molecule has 0 radical (unpaired) electrons. The van der Waals surface area contributed by atoms with Crippen LogP contribution in [0, 0.1) is 0 Å². The summed E-state index contributed by atoms with van der Waals surface area (Å²) in [6.45, 7) is 0. The van der Waals surface area contributed by atoms with Gasteiger partial charge in [-0.15, -0.1) is 0 Å². The molecule has 0 aliphatic rings. The Hall–Kier alpha value is -6.91. The van der Waals surface area contributed by atoms with Crippen molar-refractivity contribution in [1.82, 2.24) is 19.5 Å². The molecule has 0 bridgehead atoms. The molecule has 4 aromatic heterocycles. The number of para-hydroxylation sites is 1. The molecule has 51 heavy (non-hydrogen) atoms. The van der Waals surface area contributed by atoms with Gasteiger partial charge in [-0.25, -0.2) is 9.97 Å². The molecule has 4 heterocycles. The van der Waals surface area contributed by atoms with Crippen molar-refractivity contribution < 1.29 is 0 Å². The van der Waals surface area contributed by atoms with Gasteiger partial charge in [0.1, 0.15) is 5.65 Å². The van der Waals surface area contributed by atoms with Gasteiger partial charge in [-0.1, -0.05) is 115 Å². The number of rotatable bonds is 5.